The molecule has 2 aromatic heterocycles. The lowest BCUT2D eigenvalue weighted by Crippen LogP contribution is -2.02. The predicted octanol–water partition coefficient (Wildman–Crippen LogP) is 2.41. The van der Waals surface area contributed by atoms with E-state index in [1.807, 2.05) is 40.9 Å². The summed E-state index contributed by atoms with van der Waals surface area (Å²) in [4.78, 5) is 0. The van der Waals surface area contributed by atoms with Crippen LogP contribution in [0.5, 0.6) is 0 Å². The molecule has 5 nitrogen and oxygen atoms in total. The molecular formula is C15H13N5. The fraction of sp³-hybridized carbons (Fsp3) is 0.133. The highest BCUT2D eigenvalue weighted by molar-refractivity contribution is 5.67. The zero-order valence-electron chi connectivity index (χ0n) is 10.8. The van der Waals surface area contributed by atoms with Crippen LogP contribution in [0.2, 0.25) is 0 Å². The van der Waals surface area contributed by atoms with E-state index in [1.54, 1.807) is 0 Å². The summed E-state index contributed by atoms with van der Waals surface area (Å²) in [6.45, 7) is 0.723. The Bertz CT molecular complexity index is 755. The molecule has 0 aliphatic carbocycles. The van der Waals surface area contributed by atoms with E-state index in [2.05, 4.69) is 33.7 Å². The number of anilines is 1. The predicted molar refractivity (Wildman–Crippen MR) is 76.1 cm³/mol. The summed E-state index contributed by atoms with van der Waals surface area (Å²) >= 11 is 0. The van der Waals surface area contributed by atoms with Crippen molar-refractivity contribution in [2.24, 2.45) is 0 Å². The van der Waals surface area contributed by atoms with Crippen molar-refractivity contribution in [1.29, 1.82) is 5.26 Å². The average molecular weight is 263 g/mol. The quantitative estimate of drug-likeness (QED) is 0.785. The minimum Gasteiger partial charge on any atom is -0.378 e. The second-order valence-corrected chi connectivity index (χ2v) is 4.41. The maximum absolute atomic E-state index is 8.77. The molecule has 0 atom stereocenters. The molecule has 3 rings (SSSR count). The smallest absolute Gasteiger partial charge is 0.184 e. The van der Waals surface area contributed by atoms with Crippen LogP contribution in [0.3, 0.4) is 0 Å². The van der Waals surface area contributed by atoms with Gasteiger partial charge in [0.1, 0.15) is 0 Å². The molecule has 3 aromatic rings. The Morgan fingerprint density at radius 3 is 2.75 bits per heavy atom. The van der Waals surface area contributed by atoms with Gasteiger partial charge in [0, 0.05) is 12.7 Å². The number of nitriles is 1. The first-order valence-electron chi connectivity index (χ1n) is 6.36. The van der Waals surface area contributed by atoms with Crippen molar-refractivity contribution < 1.29 is 0 Å². The van der Waals surface area contributed by atoms with Crippen LogP contribution in [0, 0.1) is 11.3 Å². The Hall–Kier alpha value is -2.87. The monoisotopic (exact) mass is 263 g/mol. The number of fused-ring (bicyclic) bond motifs is 1. The minimum absolute atomic E-state index is 0.253. The van der Waals surface area contributed by atoms with Crippen LogP contribution in [-0.2, 0) is 13.0 Å². The van der Waals surface area contributed by atoms with E-state index in [-0.39, 0.29) is 6.42 Å². The number of rotatable bonds is 4. The van der Waals surface area contributed by atoms with Crippen LogP contribution in [0.25, 0.3) is 5.65 Å². The van der Waals surface area contributed by atoms with Gasteiger partial charge in [0.05, 0.1) is 18.2 Å². The van der Waals surface area contributed by atoms with Crippen molar-refractivity contribution in [3.05, 3.63) is 60.0 Å². The Balaban J connectivity index is 1.87. The first-order valence-corrected chi connectivity index (χ1v) is 6.36. The number of hydrogen-bond acceptors (Lipinski definition) is 4. The van der Waals surface area contributed by atoms with E-state index in [4.69, 9.17) is 5.26 Å². The summed E-state index contributed by atoms with van der Waals surface area (Å²) < 4.78 is 1.84. The van der Waals surface area contributed by atoms with Crippen molar-refractivity contribution in [3.63, 3.8) is 0 Å². The van der Waals surface area contributed by atoms with Gasteiger partial charge in [-0.25, -0.2) is 0 Å². The molecule has 0 fully saturated rings. The fourth-order valence-corrected chi connectivity index (χ4v) is 2.09. The third-order valence-electron chi connectivity index (χ3n) is 3.07. The molecule has 1 N–H and O–H groups in total. The molecule has 0 spiro atoms. The molecule has 0 aliphatic rings. The summed E-state index contributed by atoms with van der Waals surface area (Å²) in [7, 11) is 0. The van der Waals surface area contributed by atoms with Crippen LogP contribution >= 0.6 is 0 Å². The summed E-state index contributed by atoms with van der Waals surface area (Å²) in [5.74, 6) is 0.658. The van der Waals surface area contributed by atoms with Gasteiger partial charge < -0.3 is 5.32 Å². The van der Waals surface area contributed by atoms with Gasteiger partial charge in [-0.2, -0.15) is 5.26 Å². The van der Waals surface area contributed by atoms with E-state index in [9.17, 15) is 0 Å². The van der Waals surface area contributed by atoms with Crippen LogP contribution in [0.1, 0.15) is 11.4 Å². The molecule has 1 aromatic carbocycles. The van der Waals surface area contributed by atoms with E-state index in [0.717, 1.165) is 17.9 Å². The lowest BCUT2D eigenvalue weighted by molar-refractivity contribution is 0.957. The normalized spacial score (nSPS) is 10.3. The van der Waals surface area contributed by atoms with Gasteiger partial charge in [-0.1, -0.05) is 30.3 Å². The largest absolute Gasteiger partial charge is 0.378 e. The number of nitrogens with zero attached hydrogens (tertiary/aromatic N) is 4. The molecule has 0 aliphatic heterocycles. The fourth-order valence-electron chi connectivity index (χ4n) is 2.09. The molecule has 20 heavy (non-hydrogen) atoms. The van der Waals surface area contributed by atoms with Gasteiger partial charge in [-0.3, -0.25) is 4.40 Å². The van der Waals surface area contributed by atoms with Crippen molar-refractivity contribution in [3.8, 4) is 6.07 Å². The van der Waals surface area contributed by atoms with E-state index >= 15 is 0 Å². The zero-order chi connectivity index (χ0) is 13.8. The lowest BCUT2D eigenvalue weighted by Gasteiger charge is -2.07. The molecule has 2 heterocycles. The number of hydrogen-bond donors (Lipinski definition) is 1. The SMILES string of the molecule is N#CCc1nnc2c(NCc3ccccc3)cccn12. The molecule has 0 bridgehead atoms. The molecule has 0 saturated carbocycles. The van der Waals surface area contributed by atoms with Gasteiger partial charge >= 0.3 is 0 Å². The average Bonchev–Trinajstić information content (AvgIpc) is 2.91. The summed E-state index contributed by atoms with van der Waals surface area (Å²) in [6, 6.07) is 16.1. The van der Waals surface area contributed by atoms with E-state index < -0.39 is 0 Å². The van der Waals surface area contributed by atoms with Crippen LogP contribution < -0.4 is 5.32 Å². The van der Waals surface area contributed by atoms with Crippen LogP contribution in [0.15, 0.2) is 48.7 Å². The third-order valence-corrected chi connectivity index (χ3v) is 3.07. The van der Waals surface area contributed by atoms with Crippen molar-refractivity contribution in [2.45, 2.75) is 13.0 Å². The molecule has 0 unspecified atom stereocenters. The van der Waals surface area contributed by atoms with Crippen LogP contribution in [0.4, 0.5) is 5.69 Å². The molecule has 98 valence electrons. The lowest BCUT2D eigenvalue weighted by atomic mass is 10.2. The zero-order valence-corrected chi connectivity index (χ0v) is 10.8. The first kappa shape index (κ1) is 12.2. The maximum atomic E-state index is 8.77. The molecule has 0 radical (unpaired) electrons. The third kappa shape index (κ3) is 2.31. The van der Waals surface area contributed by atoms with E-state index in [0.29, 0.717) is 5.82 Å². The first-order chi connectivity index (χ1) is 9.88. The minimum atomic E-state index is 0.253. The summed E-state index contributed by atoms with van der Waals surface area (Å²) in [6.07, 6.45) is 2.12. The molecule has 0 amide bonds. The van der Waals surface area contributed by atoms with Gasteiger partial charge in [-0.05, 0) is 17.7 Å². The van der Waals surface area contributed by atoms with Crippen molar-refractivity contribution in [2.75, 3.05) is 5.32 Å². The number of aromatic nitrogens is 3. The highest BCUT2D eigenvalue weighted by Gasteiger charge is 2.08. The number of pyridine rings is 1. The Morgan fingerprint density at radius 1 is 1.10 bits per heavy atom. The standard InChI is InChI=1S/C15H13N5/c16-9-8-14-18-19-15-13(7-4-10-20(14)15)17-11-12-5-2-1-3-6-12/h1-7,10,17H,8,11H2. The highest BCUT2D eigenvalue weighted by atomic mass is 15.3. The van der Waals surface area contributed by atoms with Gasteiger partial charge in [0.15, 0.2) is 11.5 Å². The van der Waals surface area contributed by atoms with Crippen LogP contribution in [-0.4, -0.2) is 14.6 Å². The Kier molecular flexibility index (Phi) is 3.29. The maximum Gasteiger partial charge on any atom is 0.184 e. The van der Waals surface area contributed by atoms with Gasteiger partial charge in [0.2, 0.25) is 0 Å². The Morgan fingerprint density at radius 2 is 1.95 bits per heavy atom. The molecular weight excluding hydrogens is 250 g/mol. The highest BCUT2D eigenvalue weighted by Crippen LogP contribution is 2.16. The molecule has 0 saturated heterocycles. The Labute approximate surface area is 116 Å². The number of benzene rings is 1. The summed E-state index contributed by atoms with van der Waals surface area (Å²) in [5, 5.41) is 20.3. The molecule has 5 heteroatoms. The van der Waals surface area contributed by atoms with Gasteiger partial charge in [0.25, 0.3) is 0 Å². The van der Waals surface area contributed by atoms with Crippen molar-refractivity contribution >= 4 is 11.3 Å². The number of nitrogens with one attached hydrogen (secondary N) is 1. The van der Waals surface area contributed by atoms with E-state index in [1.165, 1.54) is 5.56 Å². The topological polar surface area (TPSA) is 66.0 Å². The summed E-state index contributed by atoms with van der Waals surface area (Å²) in [5.41, 5.74) is 2.85. The second-order valence-electron chi connectivity index (χ2n) is 4.41. The van der Waals surface area contributed by atoms with Gasteiger partial charge in [-0.15, -0.1) is 10.2 Å². The van der Waals surface area contributed by atoms with Crippen molar-refractivity contribution in [1.82, 2.24) is 14.6 Å². The second kappa shape index (κ2) is 5.41.